The van der Waals surface area contributed by atoms with Gasteiger partial charge in [-0.05, 0) is 68.3 Å². The molecule has 0 spiro atoms. The molecule has 3 aromatic carbocycles. The normalized spacial score (nSPS) is 13.2. The van der Waals surface area contributed by atoms with Gasteiger partial charge in [-0.2, -0.15) is 0 Å². The first kappa shape index (κ1) is 29.1. The van der Waals surface area contributed by atoms with Crippen LogP contribution in [-0.4, -0.2) is 35.6 Å². The predicted octanol–water partition coefficient (Wildman–Crippen LogP) is 7.08. The summed E-state index contributed by atoms with van der Waals surface area (Å²) in [6.45, 7) is 6.30. The maximum Gasteiger partial charge on any atom is 0.343 e. The highest BCUT2D eigenvalue weighted by Gasteiger charge is 2.27. The number of anilines is 1. The zero-order chi connectivity index (χ0) is 30.7. The summed E-state index contributed by atoms with van der Waals surface area (Å²) in [5.41, 5.74) is 5.34. The van der Waals surface area contributed by atoms with E-state index in [0.29, 0.717) is 22.8 Å². The molecular weight excluding hydrogens is 550 g/mol. The fourth-order valence-electron chi connectivity index (χ4n) is 5.25. The molecule has 0 radical (unpaired) electrons. The Bertz CT molecular complexity index is 1730. The minimum atomic E-state index is -0.513. The molecule has 1 aromatic heterocycles. The fourth-order valence-corrected chi connectivity index (χ4v) is 5.25. The second-order valence-corrected chi connectivity index (χ2v) is 10.6. The molecule has 43 heavy (non-hydrogen) atoms. The van der Waals surface area contributed by atoms with Gasteiger partial charge in [-0.15, -0.1) is 0 Å². The predicted molar refractivity (Wildman–Crippen MR) is 163 cm³/mol. The van der Waals surface area contributed by atoms with E-state index in [1.165, 1.54) is 37.7 Å². The molecule has 220 valence electrons. The first-order valence-corrected chi connectivity index (χ1v) is 13.5. The maximum absolute atomic E-state index is 12.6. The molecule has 1 aliphatic heterocycles. The summed E-state index contributed by atoms with van der Waals surface area (Å²) in [5, 5.41) is 15.0. The number of hydrogen-bond acceptors (Lipinski definition) is 9. The molecule has 0 aliphatic carbocycles. The van der Waals surface area contributed by atoms with Crippen molar-refractivity contribution in [3.8, 4) is 34.1 Å². The molecule has 0 fully saturated rings. The topological polar surface area (TPSA) is 122 Å². The Hall–Kier alpha value is -5.38. The van der Waals surface area contributed by atoms with E-state index < -0.39 is 10.9 Å². The highest BCUT2D eigenvalue weighted by atomic mass is 16.6. The average Bonchev–Trinajstić information content (AvgIpc) is 2.99. The van der Waals surface area contributed by atoms with Crippen molar-refractivity contribution in [2.45, 2.75) is 32.9 Å². The van der Waals surface area contributed by atoms with Crippen molar-refractivity contribution in [3.63, 3.8) is 0 Å². The molecule has 10 nitrogen and oxygen atoms in total. The van der Waals surface area contributed by atoms with Crippen LogP contribution in [0.3, 0.4) is 0 Å². The standard InChI is InChI=1S/C33H31N3O7/c1-20-18-33(2,3)35-27-10-9-24(26(31(20)27)19-42-30-16-22(36(38)39)6-11-28(30)40-4)25-8-7-23(17-29(25)41-5)43-32(37)21-12-14-34-15-13-21/h6-18,35H,19H2,1-5H3. The van der Waals surface area contributed by atoms with Gasteiger partial charge in [0.05, 0.1) is 36.3 Å². The van der Waals surface area contributed by atoms with Crippen LogP contribution in [0.4, 0.5) is 11.4 Å². The second kappa shape index (κ2) is 11.8. The van der Waals surface area contributed by atoms with Gasteiger partial charge >= 0.3 is 5.97 Å². The Morgan fingerprint density at radius 3 is 2.35 bits per heavy atom. The number of nitro benzene ring substituents is 1. The first-order chi connectivity index (χ1) is 20.6. The lowest BCUT2D eigenvalue weighted by molar-refractivity contribution is -0.385. The lowest BCUT2D eigenvalue weighted by Crippen LogP contribution is -2.32. The Kier molecular flexibility index (Phi) is 8.03. The number of non-ortho nitro benzene ring substituents is 1. The largest absolute Gasteiger partial charge is 0.496 e. The third-order valence-electron chi connectivity index (χ3n) is 7.06. The lowest BCUT2D eigenvalue weighted by atomic mass is 9.85. The number of aromatic nitrogens is 1. The van der Waals surface area contributed by atoms with Crippen LogP contribution in [0.25, 0.3) is 16.7 Å². The fraction of sp³-hybridized carbons (Fsp3) is 0.212. The molecule has 5 rings (SSSR count). The number of hydrogen-bond donors (Lipinski definition) is 1. The summed E-state index contributed by atoms with van der Waals surface area (Å²) in [6, 6.07) is 16.6. The average molecular weight is 582 g/mol. The van der Waals surface area contributed by atoms with Gasteiger partial charge in [0.1, 0.15) is 18.1 Å². The summed E-state index contributed by atoms with van der Waals surface area (Å²) in [7, 11) is 3.03. The Balaban J connectivity index is 1.58. The van der Waals surface area contributed by atoms with Crippen molar-refractivity contribution in [1.82, 2.24) is 4.98 Å². The third kappa shape index (κ3) is 6.13. The minimum absolute atomic E-state index is 0.0747. The summed E-state index contributed by atoms with van der Waals surface area (Å²) < 4.78 is 23.0. The molecule has 1 aliphatic rings. The monoisotopic (exact) mass is 581 g/mol. The number of allylic oxidation sites excluding steroid dienone is 1. The summed E-state index contributed by atoms with van der Waals surface area (Å²) >= 11 is 0. The number of esters is 1. The van der Waals surface area contributed by atoms with Crippen LogP contribution in [0.1, 0.15) is 42.3 Å². The molecular formula is C33H31N3O7. The third-order valence-corrected chi connectivity index (χ3v) is 7.06. The number of nitrogens with one attached hydrogen (secondary N) is 1. The SMILES string of the molecule is COc1ccc([N+](=O)[O-])cc1OCc1c(-c2ccc(OC(=O)c3ccncc3)cc2OC)ccc2c1C(C)=CC(C)(C)N2. The molecule has 4 aromatic rings. The second-order valence-electron chi connectivity index (χ2n) is 10.6. The summed E-state index contributed by atoms with van der Waals surface area (Å²) in [5.74, 6) is 0.914. The molecule has 0 unspecified atom stereocenters. The number of nitro groups is 1. The molecule has 2 heterocycles. The zero-order valence-corrected chi connectivity index (χ0v) is 24.5. The number of fused-ring (bicyclic) bond motifs is 1. The van der Waals surface area contributed by atoms with Crippen molar-refractivity contribution < 1.29 is 28.7 Å². The van der Waals surface area contributed by atoms with Crippen LogP contribution in [0.2, 0.25) is 0 Å². The highest BCUT2D eigenvalue weighted by molar-refractivity contribution is 5.91. The van der Waals surface area contributed by atoms with Gasteiger partial charge in [0, 0.05) is 46.9 Å². The highest BCUT2D eigenvalue weighted by Crippen LogP contribution is 2.44. The number of benzene rings is 3. The number of rotatable bonds is 9. The molecule has 1 N–H and O–H groups in total. The van der Waals surface area contributed by atoms with Gasteiger partial charge in [0.25, 0.3) is 5.69 Å². The maximum atomic E-state index is 12.6. The van der Waals surface area contributed by atoms with Gasteiger partial charge in [-0.3, -0.25) is 15.1 Å². The van der Waals surface area contributed by atoms with Crippen molar-refractivity contribution >= 4 is 22.9 Å². The number of ether oxygens (including phenoxy) is 4. The van der Waals surface area contributed by atoms with Crippen LogP contribution in [0.5, 0.6) is 23.0 Å². The van der Waals surface area contributed by atoms with Gasteiger partial charge in [-0.25, -0.2) is 4.79 Å². The first-order valence-electron chi connectivity index (χ1n) is 13.5. The zero-order valence-electron chi connectivity index (χ0n) is 24.5. The van der Waals surface area contributed by atoms with E-state index in [4.69, 9.17) is 18.9 Å². The van der Waals surface area contributed by atoms with Crippen molar-refractivity contribution in [2.75, 3.05) is 19.5 Å². The van der Waals surface area contributed by atoms with E-state index in [-0.39, 0.29) is 23.6 Å². The van der Waals surface area contributed by atoms with E-state index >= 15 is 0 Å². The van der Waals surface area contributed by atoms with Gasteiger partial charge in [0.15, 0.2) is 11.5 Å². The van der Waals surface area contributed by atoms with Crippen LogP contribution < -0.4 is 24.3 Å². The van der Waals surface area contributed by atoms with Crippen LogP contribution in [-0.2, 0) is 6.61 Å². The summed E-state index contributed by atoms with van der Waals surface area (Å²) in [4.78, 5) is 27.5. The lowest BCUT2D eigenvalue weighted by Gasteiger charge is -2.33. The molecule has 0 saturated carbocycles. The van der Waals surface area contributed by atoms with Crippen molar-refractivity contribution in [1.29, 1.82) is 0 Å². The smallest absolute Gasteiger partial charge is 0.343 e. The number of pyridine rings is 1. The Labute approximate surface area is 249 Å². The van der Waals surface area contributed by atoms with Gasteiger partial charge in [0.2, 0.25) is 0 Å². The van der Waals surface area contributed by atoms with E-state index in [0.717, 1.165) is 33.5 Å². The minimum Gasteiger partial charge on any atom is -0.496 e. The van der Waals surface area contributed by atoms with E-state index in [1.54, 1.807) is 31.4 Å². The number of carbonyl (C=O) groups excluding carboxylic acids is 1. The van der Waals surface area contributed by atoms with E-state index in [1.807, 2.05) is 25.1 Å². The van der Waals surface area contributed by atoms with Crippen LogP contribution in [0, 0.1) is 10.1 Å². The van der Waals surface area contributed by atoms with E-state index in [9.17, 15) is 14.9 Å². The Morgan fingerprint density at radius 2 is 1.65 bits per heavy atom. The van der Waals surface area contributed by atoms with Gasteiger partial charge in [-0.1, -0.05) is 12.1 Å². The van der Waals surface area contributed by atoms with Gasteiger partial charge < -0.3 is 24.3 Å². The molecule has 0 amide bonds. The quantitative estimate of drug-likeness (QED) is 0.0956. The number of nitrogens with zero attached hydrogens (tertiary/aromatic N) is 2. The Morgan fingerprint density at radius 1 is 0.930 bits per heavy atom. The number of carbonyl (C=O) groups is 1. The van der Waals surface area contributed by atoms with Crippen LogP contribution in [0.15, 0.2) is 79.1 Å². The van der Waals surface area contributed by atoms with Crippen molar-refractivity contribution in [2.24, 2.45) is 0 Å². The summed E-state index contributed by atoms with van der Waals surface area (Å²) in [6.07, 6.45) is 5.20. The van der Waals surface area contributed by atoms with E-state index in [2.05, 4.69) is 30.2 Å². The molecule has 0 bridgehead atoms. The molecule has 0 saturated heterocycles. The molecule has 10 heteroatoms. The van der Waals surface area contributed by atoms with Crippen molar-refractivity contribution in [3.05, 3.63) is 106 Å². The van der Waals surface area contributed by atoms with Crippen LogP contribution >= 0.6 is 0 Å². The number of methoxy groups -OCH3 is 2. The molecule has 0 atom stereocenters.